The zero-order chi connectivity index (χ0) is 14.7. The Labute approximate surface area is 115 Å². The fourth-order valence-electron chi connectivity index (χ4n) is 2.09. The van der Waals surface area contributed by atoms with Gasteiger partial charge < -0.3 is 10.1 Å². The second-order valence-corrected chi connectivity index (χ2v) is 7.58. The summed E-state index contributed by atoms with van der Waals surface area (Å²) in [6, 6.07) is 0. The van der Waals surface area contributed by atoms with Gasteiger partial charge in [0.15, 0.2) is 0 Å². The molecule has 1 N–H and O–H groups in total. The van der Waals surface area contributed by atoms with Crippen molar-refractivity contribution in [1.82, 2.24) is 5.32 Å². The summed E-state index contributed by atoms with van der Waals surface area (Å²) in [4.78, 5) is 11.5. The van der Waals surface area contributed by atoms with Crippen molar-refractivity contribution in [1.29, 1.82) is 0 Å². The molecule has 19 heavy (non-hydrogen) atoms. The normalized spacial score (nSPS) is 24.2. The maximum absolute atomic E-state index is 11.5. The SMILES string of the molecule is CC(C)(C)OC(=O)NCC1CCC(OS(C)(=O)=O)C1. The molecule has 0 bridgehead atoms. The molecule has 0 spiro atoms. The van der Waals surface area contributed by atoms with Crippen molar-refractivity contribution in [3.05, 3.63) is 0 Å². The molecule has 0 radical (unpaired) electrons. The van der Waals surface area contributed by atoms with Crippen molar-refractivity contribution in [3.63, 3.8) is 0 Å². The smallest absolute Gasteiger partial charge is 0.407 e. The Morgan fingerprint density at radius 3 is 2.47 bits per heavy atom. The van der Waals surface area contributed by atoms with E-state index in [0.717, 1.165) is 12.7 Å². The predicted octanol–water partition coefficient (Wildman–Crippen LogP) is 1.66. The van der Waals surface area contributed by atoms with Gasteiger partial charge in [-0.25, -0.2) is 4.79 Å². The van der Waals surface area contributed by atoms with Crippen LogP contribution in [-0.2, 0) is 19.0 Å². The number of rotatable bonds is 4. The molecule has 0 saturated heterocycles. The van der Waals surface area contributed by atoms with E-state index in [9.17, 15) is 13.2 Å². The van der Waals surface area contributed by atoms with Gasteiger partial charge in [0.25, 0.3) is 10.1 Å². The Morgan fingerprint density at radius 1 is 1.32 bits per heavy atom. The third kappa shape index (κ3) is 7.37. The molecule has 0 aliphatic heterocycles. The lowest BCUT2D eigenvalue weighted by atomic mass is 10.1. The van der Waals surface area contributed by atoms with Crippen LogP contribution in [0.15, 0.2) is 0 Å². The highest BCUT2D eigenvalue weighted by molar-refractivity contribution is 7.86. The molecule has 1 saturated carbocycles. The molecular weight excluding hydrogens is 270 g/mol. The molecule has 1 aliphatic carbocycles. The van der Waals surface area contributed by atoms with Gasteiger partial charge in [-0.15, -0.1) is 0 Å². The Morgan fingerprint density at radius 2 is 1.95 bits per heavy atom. The molecule has 1 amide bonds. The van der Waals surface area contributed by atoms with E-state index in [0.29, 0.717) is 19.4 Å². The Bertz CT molecular complexity index is 412. The Kier molecular flexibility index (Phi) is 5.20. The van der Waals surface area contributed by atoms with Crippen LogP contribution in [0.1, 0.15) is 40.0 Å². The fraction of sp³-hybridized carbons (Fsp3) is 0.917. The molecule has 0 aromatic rings. The molecule has 1 aliphatic rings. The highest BCUT2D eigenvalue weighted by Crippen LogP contribution is 2.28. The summed E-state index contributed by atoms with van der Waals surface area (Å²) in [6.45, 7) is 5.90. The van der Waals surface area contributed by atoms with E-state index in [4.69, 9.17) is 8.92 Å². The largest absolute Gasteiger partial charge is 0.444 e. The van der Waals surface area contributed by atoms with Crippen molar-refractivity contribution >= 4 is 16.2 Å². The number of ether oxygens (including phenoxy) is 1. The minimum Gasteiger partial charge on any atom is -0.444 e. The lowest BCUT2D eigenvalue weighted by molar-refractivity contribution is 0.0518. The van der Waals surface area contributed by atoms with E-state index in [-0.39, 0.29) is 12.0 Å². The highest BCUT2D eigenvalue weighted by atomic mass is 32.2. The summed E-state index contributed by atoms with van der Waals surface area (Å²) in [7, 11) is -3.40. The van der Waals surface area contributed by atoms with Crippen LogP contribution in [0.25, 0.3) is 0 Å². The zero-order valence-corrected chi connectivity index (χ0v) is 12.7. The number of hydrogen-bond acceptors (Lipinski definition) is 5. The van der Waals surface area contributed by atoms with Gasteiger partial charge in [0, 0.05) is 6.54 Å². The summed E-state index contributed by atoms with van der Waals surface area (Å²) < 4.78 is 32.1. The third-order valence-electron chi connectivity index (χ3n) is 2.74. The van der Waals surface area contributed by atoms with Crippen molar-refractivity contribution in [2.45, 2.75) is 51.7 Å². The summed E-state index contributed by atoms with van der Waals surface area (Å²) in [5, 5.41) is 2.70. The lowest BCUT2D eigenvalue weighted by Gasteiger charge is -2.20. The van der Waals surface area contributed by atoms with Crippen molar-refractivity contribution in [2.75, 3.05) is 12.8 Å². The maximum atomic E-state index is 11.5. The molecule has 0 aromatic carbocycles. The van der Waals surface area contributed by atoms with E-state index in [1.165, 1.54) is 0 Å². The fourth-order valence-corrected chi connectivity index (χ4v) is 2.76. The van der Waals surface area contributed by atoms with Crippen molar-refractivity contribution < 1.29 is 22.1 Å². The van der Waals surface area contributed by atoms with Gasteiger partial charge >= 0.3 is 6.09 Å². The van der Waals surface area contributed by atoms with E-state index in [1.807, 2.05) is 0 Å². The molecular formula is C12H23NO5S. The van der Waals surface area contributed by atoms with Gasteiger partial charge in [-0.3, -0.25) is 4.18 Å². The van der Waals surface area contributed by atoms with Crippen LogP contribution in [0.4, 0.5) is 4.79 Å². The van der Waals surface area contributed by atoms with Crippen molar-refractivity contribution in [2.24, 2.45) is 5.92 Å². The molecule has 1 fully saturated rings. The first-order valence-corrected chi connectivity index (χ1v) is 8.22. The molecule has 2 unspecified atom stereocenters. The molecule has 1 rings (SSSR count). The molecule has 0 heterocycles. The molecule has 7 heteroatoms. The van der Waals surface area contributed by atoms with E-state index < -0.39 is 21.8 Å². The first-order chi connectivity index (χ1) is 8.55. The zero-order valence-electron chi connectivity index (χ0n) is 11.9. The average Bonchev–Trinajstić information content (AvgIpc) is 2.57. The van der Waals surface area contributed by atoms with Gasteiger partial charge in [-0.2, -0.15) is 8.42 Å². The summed E-state index contributed by atoms with van der Waals surface area (Å²) in [6.07, 6.45) is 2.53. The van der Waals surface area contributed by atoms with Crippen LogP contribution >= 0.6 is 0 Å². The maximum Gasteiger partial charge on any atom is 0.407 e. The van der Waals surface area contributed by atoms with E-state index >= 15 is 0 Å². The molecule has 2 atom stereocenters. The number of amides is 1. The topological polar surface area (TPSA) is 81.7 Å². The third-order valence-corrected chi connectivity index (χ3v) is 3.36. The number of alkyl carbamates (subject to hydrolysis) is 1. The summed E-state index contributed by atoms with van der Waals surface area (Å²) in [5.41, 5.74) is -0.512. The number of nitrogens with one attached hydrogen (secondary N) is 1. The van der Waals surface area contributed by atoms with E-state index in [1.54, 1.807) is 20.8 Å². The van der Waals surface area contributed by atoms with Crippen LogP contribution in [0.5, 0.6) is 0 Å². The quantitative estimate of drug-likeness (QED) is 0.797. The van der Waals surface area contributed by atoms with Gasteiger partial charge in [0.2, 0.25) is 0 Å². The van der Waals surface area contributed by atoms with Crippen LogP contribution in [0, 0.1) is 5.92 Å². The van der Waals surface area contributed by atoms with E-state index in [2.05, 4.69) is 5.32 Å². The van der Waals surface area contributed by atoms with Crippen LogP contribution in [0.2, 0.25) is 0 Å². The Hall–Kier alpha value is -0.820. The van der Waals surface area contributed by atoms with Gasteiger partial charge in [0.1, 0.15) is 5.60 Å². The lowest BCUT2D eigenvalue weighted by Crippen LogP contribution is -2.35. The number of hydrogen-bond donors (Lipinski definition) is 1. The van der Waals surface area contributed by atoms with Gasteiger partial charge in [0.05, 0.1) is 12.4 Å². The standard InChI is InChI=1S/C12H23NO5S/c1-12(2,3)17-11(14)13-8-9-5-6-10(7-9)18-19(4,15)16/h9-10H,5-8H2,1-4H3,(H,13,14). The number of carbonyl (C=O) groups excluding carboxylic acids is 1. The minimum atomic E-state index is -3.40. The minimum absolute atomic E-state index is 0.235. The van der Waals surface area contributed by atoms with Crippen LogP contribution in [0.3, 0.4) is 0 Å². The van der Waals surface area contributed by atoms with Crippen molar-refractivity contribution in [3.8, 4) is 0 Å². The number of carbonyl (C=O) groups is 1. The monoisotopic (exact) mass is 293 g/mol. The van der Waals surface area contributed by atoms with Crippen LogP contribution < -0.4 is 5.32 Å². The molecule has 6 nitrogen and oxygen atoms in total. The first kappa shape index (κ1) is 16.2. The first-order valence-electron chi connectivity index (χ1n) is 6.40. The van der Waals surface area contributed by atoms with Crippen LogP contribution in [-0.4, -0.2) is 39.0 Å². The summed E-state index contributed by atoms with van der Waals surface area (Å²) in [5.74, 6) is 0.235. The highest BCUT2D eigenvalue weighted by Gasteiger charge is 2.28. The second-order valence-electron chi connectivity index (χ2n) is 5.98. The predicted molar refractivity (Wildman–Crippen MR) is 71.3 cm³/mol. The average molecular weight is 293 g/mol. The second kappa shape index (κ2) is 6.09. The molecule has 0 aromatic heterocycles. The van der Waals surface area contributed by atoms with Gasteiger partial charge in [-0.1, -0.05) is 0 Å². The molecule has 112 valence electrons. The van der Waals surface area contributed by atoms with Gasteiger partial charge in [-0.05, 0) is 46.0 Å². The summed E-state index contributed by atoms with van der Waals surface area (Å²) >= 11 is 0. The Balaban J connectivity index is 2.28.